The molecule has 1 unspecified atom stereocenters. The first-order valence-corrected chi connectivity index (χ1v) is 4.34. The van der Waals surface area contributed by atoms with Crippen molar-refractivity contribution in [2.24, 2.45) is 0 Å². The van der Waals surface area contributed by atoms with Gasteiger partial charge in [0.25, 0.3) is 0 Å². The molecule has 82 valence electrons. The number of carbonyl (C=O) groups is 1. The van der Waals surface area contributed by atoms with E-state index in [0.29, 0.717) is 0 Å². The van der Waals surface area contributed by atoms with Crippen molar-refractivity contribution in [2.45, 2.75) is 37.9 Å². The maximum Gasteiger partial charge on any atom is 0.303 e. The molecule has 0 saturated carbocycles. The number of rotatable bonds is 2. The van der Waals surface area contributed by atoms with Gasteiger partial charge in [-0.3, -0.25) is 4.79 Å². The number of aliphatic hydroxyl groups excluding tert-OH is 3. The molecule has 1 aliphatic heterocycles. The molecule has 4 atom stereocenters. The van der Waals surface area contributed by atoms with E-state index in [1.165, 1.54) is 6.92 Å². The molecular weight excluding hydrogens is 192 g/mol. The molecule has 0 spiro atoms. The summed E-state index contributed by atoms with van der Waals surface area (Å²) >= 11 is 0. The minimum atomic E-state index is -1.29. The number of aliphatic hydroxyl groups is 3. The SMILES string of the molecule is CC(=O)O[C@@H]1C[C@H](O)[C@@H](CO)OC1O. The quantitative estimate of drug-likeness (QED) is 0.470. The second-order valence-corrected chi connectivity index (χ2v) is 3.20. The van der Waals surface area contributed by atoms with Crippen molar-refractivity contribution in [3.63, 3.8) is 0 Å². The van der Waals surface area contributed by atoms with Crippen LogP contribution in [0.3, 0.4) is 0 Å². The third-order valence-electron chi connectivity index (χ3n) is 2.03. The standard InChI is InChI=1S/C8H14O6/c1-4(10)13-6-2-5(11)7(3-9)14-8(6)12/h5-9,11-12H,2-3H2,1H3/t5-,6+,7+,8?/m0/s1. The van der Waals surface area contributed by atoms with Crippen LogP contribution >= 0.6 is 0 Å². The number of carbonyl (C=O) groups excluding carboxylic acids is 1. The molecule has 14 heavy (non-hydrogen) atoms. The minimum absolute atomic E-state index is 0.0615. The van der Waals surface area contributed by atoms with Gasteiger partial charge in [-0.2, -0.15) is 0 Å². The fourth-order valence-electron chi connectivity index (χ4n) is 1.35. The molecule has 3 N–H and O–H groups in total. The van der Waals surface area contributed by atoms with Crippen LogP contribution in [0.15, 0.2) is 0 Å². The van der Waals surface area contributed by atoms with Crippen LogP contribution in [0.2, 0.25) is 0 Å². The number of hydrogen-bond acceptors (Lipinski definition) is 6. The van der Waals surface area contributed by atoms with Gasteiger partial charge in [-0.1, -0.05) is 0 Å². The molecule has 0 amide bonds. The zero-order valence-electron chi connectivity index (χ0n) is 7.79. The fraction of sp³-hybridized carbons (Fsp3) is 0.875. The number of ether oxygens (including phenoxy) is 2. The first kappa shape index (κ1) is 11.4. The summed E-state index contributed by atoms with van der Waals surface area (Å²) in [6, 6.07) is 0. The van der Waals surface area contributed by atoms with E-state index in [0.717, 1.165) is 0 Å². The van der Waals surface area contributed by atoms with Crippen molar-refractivity contribution < 1.29 is 29.6 Å². The Hall–Kier alpha value is -0.690. The summed E-state index contributed by atoms with van der Waals surface area (Å²) in [7, 11) is 0. The van der Waals surface area contributed by atoms with E-state index >= 15 is 0 Å². The average molecular weight is 206 g/mol. The Morgan fingerprint density at radius 3 is 2.71 bits per heavy atom. The zero-order valence-corrected chi connectivity index (χ0v) is 7.79. The van der Waals surface area contributed by atoms with Gasteiger partial charge in [0.05, 0.1) is 12.7 Å². The van der Waals surface area contributed by atoms with E-state index in [4.69, 9.17) is 14.6 Å². The number of esters is 1. The molecule has 6 heteroatoms. The third-order valence-corrected chi connectivity index (χ3v) is 2.03. The van der Waals surface area contributed by atoms with Crippen LogP contribution in [-0.4, -0.2) is 52.5 Å². The van der Waals surface area contributed by atoms with Crippen molar-refractivity contribution in [1.29, 1.82) is 0 Å². The summed E-state index contributed by atoms with van der Waals surface area (Å²) in [5.74, 6) is -0.549. The lowest BCUT2D eigenvalue weighted by molar-refractivity contribution is -0.257. The molecule has 1 saturated heterocycles. The van der Waals surface area contributed by atoms with Crippen LogP contribution in [0.4, 0.5) is 0 Å². The maximum absolute atomic E-state index is 10.6. The summed E-state index contributed by atoms with van der Waals surface area (Å²) < 4.78 is 9.55. The highest BCUT2D eigenvalue weighted by atomic mass is 16.7. The van der Waals surface area contributed by atoms with E-state index in [9.17, 15) is 15.0 Å². The Labute approximate surface area is 81.1 Å². The van der Waals surface area contributed by atoms with Gasteiger partial charge in [-0.15, -0.1) is 0 Å². The molecule has 1 rings (SSSR count). The second-order valence-electron chi connectivity index (χ2n) is 3.20. The van der Waals surface area contributed by atoms with Gasteiger partial charge in [-0.25, -0.2) is 0 Å². The van der Waals surface area contributed by atoms with E-state index in [2.05, 4.69) is 0 Å². The van der Waals surface area contributed by atoms with Crippen molar-refractivity contribution in [3.05, 3.63) is 0 Å². The lowest BCUT2D eigenvalue weighted by Gasteiger charge is -2.35. The molecule has 1 fully saturated rings. The molecule has 1 heterocycles. The van der Waals surface area contributed by atoms with Crippen molar-refractivity contribution in [2.75, 3.05) is 6.61 Å². The van der Waals surface area contributed by atoms with Crippen molar-refractivity contribution in [1.82, 2.24) is 0 Å². The highest BCUT2D eigenvalue weighted by Gasteiger charge is 2.37. The Balaban J connectivity index is 2.52. The third kappa shape index (κ3) is 2.65. The molecule has 1 aliphatic rings. The van der Waals surface area contributed by atoms with Gasteiger partial charge in [-0.05, 0) is 0 Å². The van der Waals surface area contributed by atoms with Crippen LogP contribution in [0, 0.1) is 0 Å². The predicted octanol–water partition coefficient (Wildman–Crippen LogP) is -1.62. The largest absolute Gasteiger partial charge is 0.457 e. The molecule has 0 bridgehead atoms. The molecule has 0 aromatic carbocycles. The molecule has 0 radical (unpaired) electrons. The Kier molecular flexibility index (Phi) is 3.82. The Morgan fingerprint density at radius 2 is 2.21 bits per heavy atom. The Bertz CT molecular complexity index is 206. The first-order valence-electron chi connectivity index (χ1n) is 4.34. The summed E-state index contributed by atoms with van der Waals surface area (Å²) in [5, 5.41) is 27.4. The van der Waals surface area contributed by atoms with Crippen LogP contribution in [0.25, 0.3) is 0 Å². The van der Waals surface area contributed by atoms with E-state index < -0.39 is 30.6 Å². The lowest BCUT2D eigenvalue weighted by Crippen LogP contribution is -2.50. The van der Waals surface area contributed by atoms with Crippen molar-refractivity contribution in [3.8, 4) is 0 Å². The Morgan fingerprint density at radius 1 is 1.57 bits per heavy atom. The van der Waals surface area contributed by atoms with Crippen molar-refractivity contribution >= 4 is 5.97 Å². The highest BCUT2D eigenvalue weighted by Crippen LogP contribution is 2.21. The fourth-order valence-corrected chi connectivity index (χ4v) is 1.35. The van der Waals surface area contributed by atoms with Gasteiger partial charge in [0.1, 0.15) is 6.10 Å². The van der Waals surface area contributed by atoms with Gasteiger partial charge < -0.3 is 24.8 Å². The molecule has 0 aromatic rings. The molecule has 0 aromatic heterocycles. The number of hydrogen-bond donors (Lipinski definition) is 3. The molecule has 0 aliphatic carbocycles. The van der Waals surface area contributed by atoms with E-state index in [1.54, 1.807) is 0 Å². The zero-order chi connectivity index (χ0) is 10.7. The summed E-state index contributed by atoms with van der Waals surface area (Å²) in [5.41, 5.74) is 0. The smallest absolute Gasteiger partial charge is 0.303 e. The van der Waals surface area contributed by atoms with Crippen LogP contribution < -0.4 is 0 Å². The van der Waals surface area contributed by atoms with Crippen LogP contribution in [0.5, 0.6) is 0 Å². The average Bonchev–Trinajstić information content (AvgIpc) is 2.10. The topological polar surface area (TPSA) is 96.2 Å². The van der Waals surface area contributed by atoms with Gasteiger partial charge in [0, 0.05) is 13.3 Å². The minimum Gasteiger partial charge on any atom is -0.457 e. The lowest BCUT2D eigenvalue weighted by atomic mass is 10.0. The second kappa shape index (κ2) is 4.70. The van der Waals surface area contributed by atoms with Gasteiger partial charge >= 0.3 is 5.97 Å². The van der Waals surface area contributed by atoms with E-state index in [-0.39, 0.29) is 13.0 Å². The normalized spacial score (nSPS) is 38.0. The summed E-state index contributed by atoms with van der Waals surface area (Å²) in [6.07, 6.45) is -3.86. The predicted molar refractivity (Wildman–Crippen MR) is 44.1 cm³/mol. The van der Waals surface area contributed by atoms with Crippen LogP contribution in [0.1, 0.15) is 13.3 Å². The monoisotopic (exact) mass is 206 g/mol. The maximum atomic E-state index is 10.6. The highest BCUT2D eigenvalue weighted by molar-refractivity contribution is 5.66. The summed E-state index contributed by atoms with van der Waals surface area (Å²) in [6.45, 7) is 0.822. The van der Waals surface area contributed by atoms with Gasteiger partial charge in [0.2, 0.25) is 0 Å². The van der Waals surface area contributed by atoms with Gasteiger partial charge in [0.15, 0.2) is 12.4 Å². The van der Waals surface area contributed by atoms with Crippen LogP contribution in [-0.2, 0) is 14.3 Å². The molecular formula is C8H14O6. The van der Waals surface area contributed by atoms with E-state index in [1.807, 2.05) is 0 Å². The summed E-state index contributed by atoms with van der Waals surface area (Å²) in [4.78, 5) is 10.6. The molecule has 6 nitrogen and oxygen atoms in total. The first-order chi connectivity index (χ1) is 6.54.